The first-order valence-electron chi connectivity index (χ1n) is 12.9. The number of nitrogens with zero attached hydrogens (tertiary/aromatic N) is 2. The Morgan fingerprint density at radius 3 is 2.58 bits per heavy atom. The van der Waals surface area contributed by atoms with Crippen molar-refractivity contribution in [3.05, 3.63) is 70.7 Å². The first-order valence-corrected chi connectivity index (χ1v) is 12.9. The number of nitrogen functional groups attached to an aromatic ring is 1. The van der Waals surface area contributed by atoms with Gasteiger partial charge in [-0.1, -0.05) is 24.6 Å². The van der Waals surface area contributed by atoms with Gasteiger partial charge in [0.2, 0.25) is 0 Å². The molecule has 190 valence electrons. The molecule has 2 aromatic carbocycles. The van der Waals surface area contributed by atoms with Crippen LogP contribution in [-0.4, -0.2) is 47.6 Å². The standard InChI is InChI=1S/C29H35FN4O2/c1-19-16-24(20-4-3-5-20)25(26-18-32-27(33-26)10-15-36-2)17-23(19)28(35)34-13-11-29(30,12-14-34)21-6-8-22(31)9-7-21/h6-9,16-18,20H,3-5,10-15,31H2,1-2H3,(H,32,33). The summed E-state index contributed by atoms with van der Waals surface area (Å²) in [7, 11) is 1.68. The number of imidazole rings is 1. The lowest BCUT2D eigenvalue weighted by atomic mass is 9.76. The number of halogens is 1. The summed E-state index contributed by atoms with van der Waals surface area (Å²) in [4.78, 5) is 23.4. The third-order valence-corrected chi connectivity index (χ3v) is 7.90. The van der Waals surface area contributed by atoms with Crippen molar-refractivity contribution in [3.63, 3.8) is 0 Å². The number of benzene rings is 2. The van der Waals surface area contributed by atoms with E-state index in [4.69, 9.17) is 10.5 Å². The van der Waals surface area contributed by atoms with E-state index in [1.807, 2.05) is 19.2 Å². The fraction of sp³-hybridized carbons (Fsp3) is 0.448. The van der Waals surface area contributed by atoms with Crippen LogP contribution in [0, 0.1) is 6.92 Å². The zero-order chi connectivity index (χ0) is 25.3. The summed E-state index contributed by atoms with van der Waals surface area (Å²) in [6.45, 7) is 3.36. The molecule has 0 unspecified atom stereocenters. The van der Waals surface area contributed by atoms with Gasteiger partial charge in [-0.2, -0.15) is 0 Å². The Morgan fingerprint density at radius 2 is 1.94 bits per heavy atom. The molecular formula is C29H35FN4O2. The maximum absolute atomic E-state index is 15.7. The molecule has 2 aliphatic rings. The highest BCUT2D eigenvalue weighted by molar-refractivity contribution is 5.97. The summed E-state index contributed by atoms with van der Waals surface area (Å²) >= 11 is 0. The van der Waals surface area contributed by atoms with Crippen molar-refractivity contribution in [1.29, 1.82) is 0 Å². The second-order valence-corrected chi connectivity index (χ2v) is 10.2. The molecule has 0 spiro atoms. The molecule has 36 heavy (non-hydrogen) atoms. The van der Waals surface area contributed by atoms with Crippen LogP contribution in [0.2, 0.25) is 0 Å². The molecule has 2 fully saturated rings. The maximum Gasteiger partial charge on any atom is 0.254 e. The van der Waals surface area contributed by atoms with Crippen LogP contribution in [0.4, 0.5) is 10.1 Å². The summed E-state index contributed by atoms with van der Waals surface area (Å²) < 4.78 is 20.9. The second kappa shape index (κ2) is 10.1. The van der Waals surface area contributed by atoms with E-state index < -0.39 is 5.67 Å². The molecule has 1 aromatic heterocycles. The van der Waals surface area contributed by atoms with Crippen molar-refractivity contribution in [1.82, 2.24) is 14.9 Å². The number of nitrogens with two attached hydrogens (primary N) is 1. The van der Waals surface area contributed by atoms with Crippen LogP contribution in [0.1, 0.15) is 70.9 Å². The summed E-state index contributed by atoms with van der Waals surface area (Å²) in [5, 5.41) is 0. The molecule has 1 saturated heterocycles. The van der Waals surface area contributed by atoms with Crippen molar-refractivity contribution in [2.45, 2.75) is 57.0 Å². The molecule has 3 N–H and O–H groups in total. The van der Waals surface area contributed by atoms with E-state index in [9.17, 15) is 4.79 Å². The van der Waals surface area contributed by atoms with Crippen LogP contribution < -0.4 is 5.73 Å². The van der Waals surface area contributed by atoms with Gasteiger partial charge in [0.25, 0.3) is 5.91 Å². The van der Waals surface area contributed by atoms with E-state index in [-0.39, 0.29) is 18.7 Å². The highest BCUT2D eigenvalue weighted by Gasteiger charge is 2.38. The Labute approximate surface area is 212 Å². The van der Waals surface area contributed by atoms with Crippen molar-refractivity contribution in [2.75, 3.05) is 32.5 Å². The number of hydrogen-bond donors (Lipinski definition) is 2. The predicted octanol–water partition coefficient (Wildman–Crippen LogP) is 5.52. The molecule has 7 heteroatoms. The molecule has 0 radical (unpaired) electrons. The van der Waals surface area contributed by atoms with Gasteiger partial charge >= 0.3 is 0 Å². The van der Waals surface area contributed by atoms with Gasteiger partial charge in [-0.25, -0.2) is 9.37 Å². The summed E-state index contributed by atoms with van der Waals surface area (Å²) in [6, 6.07) is 11.2. The minimum absolute atomic E-state index is 0.0348. The van der Waals surface area contributed by atoms with Gasteiger partial charge in [0.05, 0.1) is 18.5 Å². The van der Waals surface area contributed by atoms with E-state index in [2.05, 4.69) is 16.0 Å². The highest BCUT2D eigenvalue weighted by Crippen LogP contribution is 2.43. The average molecular weight is 491 g/mol. The summed E-state index contributed by atoms with van der Waals surface area (Å²) in [6.07, 6.45) is 6.69. The quantitative estimate of drug-likeness (QED) is 0.427. The Kier molecular flexibility index (Phi) is 6.84. The number of alkyl halides is 1. The van der Waals surface area contributed by atoms with E-state index in [0.717, 1.165) is 22.6 Å². The number of H-pyrrole nitrogens is 1. The smallest absolute Gasteiger partial charge is 0.254 e. The van der Waals surface area contributed by atoms with E-state index in [0.29, 0.717) is 48.8 Å². The minimum atomic E-state index is -1.44. The number of carbonyl (C=O) groups is 1. The first-order chi connectivity index (χ1) is 17.4. The third-order valence-electron chi connectivity index (χ3n) is 7.90. The number of amides is 1. The van der Waals surface area contributed by atoms with Crippen molar-refractivity contribution in [3.8, 4) is 11.3 Å². The maximum atomic E-state index is 15.7. The number of ether oxygens (including phenoxy) is 1. The van der Waals surface area contributed by atoms with E-state index in [1.54, 1.807) is 36.3 Å². The van der Waals surface area contributed by atoms with Gasteiger partial charge in [0, 0.05) is 56.3 Å². The normalized spacial score (nSPS) is 17.7. The third kappa shape index (κ3) is 4.76. The highest BCUT2D eigenvalue weighted by atomic mass is 19.1. The topological polar surface area (TPSA) is 84.2 Å². The lowest BCUT2D eigenvalue weighted by molar-refractivity contribution is 0.0421. The number of piperidine rings is 1. The van der Waals surface area contributed by atoms with Crippen LogP contribution >= 0.6 is 0 Å². The molecule has 3 aromatic rings. The molecule has 0 atom stereocenters. The number of methoxy groups -OCH3 is 1. The van der Waals surface area contributed by atoms with Crippen LogP contribution in [-0.2, 0) is 16.8 Å². The van der Waals surface area contributed by atoms with Gasteiger partial charge in [-0.3, -0.25) is 4.79 Å². The largest absolute Gasteiger partial charge is 0.399 e. The number of aromatic amines is 1. The van der Waals surface area contributed by atoms with Crippen molar-refractivity contribution in [2.24, 2.45) is 0 Å². The number of aromatic nitrogens is 2. The lowest BCUT2D eigenvalue weighted by Crippen LogP contribution is -2.43. The van der Waals surface area contributed by atoms with Crippen molar-refractivity contribution >= 4 is 11.6 Å². The fourth-order valence-corrected chi connectivity index (χ4v) is 5.38. The second-order valence-electron chi connectivity index (χ2n) is 10.2. The Morgan fingerprint density at radius 1 is 1.22 bits per heavy atom. The minimum Gasteiger partial charge on any atom is -0.399 e. The number of rotatable bonds is 7. The lowest BCUT2D eigenvalue weighted by Gasteiger charge is -2.37. The van der Waals surface area contributed by atoms with E-state index >= 15 is 4.39 Å². The summed E-state index contributed by atoms with van der Waals surface area (Å²) in [5.41, 5.74) is 10.5. The Balaban J connectivity index is 1.39. The zero-order valence-electron chi connectivity index (χ0n) is 21.1. The van der Waals surface area contributed by atoms with Gasteiger partial charge < -0.3 is 20.4 Å². The van der Waals surface area contributed by atoms with Crippen LogP contribution in [0.25, 0.3) is 11.3 Å². The SMILES string of the molecule is COCCc1ncc(-c2cc(C(=O)N3CCC(F)(c4ccc(N)cc4)CC3)c(C)cc2C2CCC2)[nH]1. The molecule has 1 saturated carbocycles. The van der Waals surface area contributed by atoms with Crippen LogP contribution in [0.3, 0.4) is 0 Å². The number of nitrogens with one attached hydrogen (secondary N) is 1. The molecule has 1 aliphatic carbocycles. The van der Waals surface area contributed by atoms with Gasteiger partial charge in [-0.05, 0) is 60.6 Å². The molecule has 2 heterocycles. The van der Waals surface area contributed by atoms with Gasteiger partial charge in [0.15, 0.2) is 0 Å². The number of aryl methyl sites for hydroxylation is 1. The van der Waals surface area contributed by atoms with Crippen LogP contribution in [0.5, 0.6) is 0 Å². The van der Waals surface area contributed by atoms with Gasteiger partial charge in [0.1, 0.15) is 11.5 Å². The molecule has 1 amide bonds. The molecule has 5 rings (SSSR count). The average Bonchev–Trinajstić information content (AvgIpc) is 3.31. The Hall–Kier alpha value is -3.19. The molecule has 0 bridgehead atoms. The molecular weight excluding hydrogens is 455 g/mol. The first kappa shape index (κ1) is 24.5. The number of carbonyl (C=O) groups excluding carboxylic acids is 1. The fourth-order valence-electron chi connectivity index (χ4n) is 5.38. The zero-order valence-corrected chi connectivity index (χ0v) is 21.1. The molecule has 1 aliphatic heterocycles. The van der Waals surface area contributed by atoms with Crippen molar-refractivity contribution < 1.29 is 13.9 Å². The van der Waals surface area contributed by atoms with E-state index in [1.165, 1.54) is 24.8 Å². The Bertz CT molecular complexity index is 1220. The summed E-state index contributed by atoms with van der Waals surface area (Å²) in [5.74, 6) is 1.35. The van der Waals surface area contributed by atoms with Gasteiger partial charge in [-0.15, -0.1) is 0 Å². The number of likely N-dealkylation sites (tertiary alicyclic amines) is 1. The number of anilines is 1. The van der Waals surface area contributed by atoms with Crippen LogP contribution in [0.15, 0.2) is 42.6 Å². The molecule has 6 nitrogen and oxygen atoms in total. The monoisotopic (exact) mass is 490 g/mol. The predicted molar refractivity (Wildman–Crippen MR) is 140 cm³/mol. The number of hydrogen-bond acceptors (Lipinski definition) is 4.